The van der Waals surface area contributed by atoms with Gasteiger partial charge in [-0.2, -0.15) is 0 Å². The number of amides is 1. The highest BCUT2D eigenvalue weighted by atomic mass is 19.1. The molecule has 3 rings (SSSR count). The number of carbonyl (C=O) groups excluding carboxylic acids is 1. The van der Waals surface area contributed by atoms with Gasteiger partial charge >= 0.3 is 0 Å². The average Bonchev–Trinajstić information content (AvgIpc) is 3.00. The molecule has 2 aliphatic rings. The predicted molar refractivity (Wildman–Crippen MR) is 80.5 cm³/mol. The Hall–Kier alpha value is -1.62. The van der Waals surface area contributed by atoms with Gasteiger partial charge in [-0.05, 0) is 50.6 Å². The summed E-state index contributed by atoms with van der Waals surface area (Å²) in [6.07, 6.45) is 4.85. The summed E-state index contributed by atoms with van der Waals surface area (Å²) in [6, 6.07) is 4.77. The maximum Gasteiger partial charge on any atom is 0.254 e. The zero-order chi connectivity index (χ0) is 14.8. The maximum absolute atomic E-state index is 13.5. The van der Waals surface area contributed by atoms with Gasteiger partial charge in [0.25, 0.3) is 5.91 Å². The molecule has 0 spiro atoms. The van der Waals surface area contributed by atoms with Crippen molar-refractivity contribution in [2.45, 2.75) is 31.7 Å². The van der Waals surface area contributed by atoms with Crippen molar-refractivity contribution in [2.24, 2.45) is 0 Å². The lowest BCUT2D eigenvalue weighted by atomic mass is 10.1. The van der Waals surface area contributed by atoms with Crippen molar-refractivity contribution in [1.29, 1.82) is 0 Å². The van der Waals surface area contributed by atoms with Gasteiger partial charge in [0.1, 0.15) is 5.82 Å². The van der Waals surface area contributed by atoms with Gasteiger partial charge in [-0.15, -0.1) is 0 Å². The number of carbonyl (C=O) groups is 1. The molecule has 4 nitrogen and oxygen atoms in total. The Balaban J connectivity index is 1.64. The van der Waals surface area contributed by atoms with Gasteiger partial charge in [-0.3, -0.25) is 9.69 Å². The van der Waals surface area contributed by atoms with Gasteiger partial charge in [0.15, 0.2) is 0 Å². The molecule has 0 aromatic heterocycles. The Morgan fingerprint density at radius 3 is 2.67 bits per heavy atom. The number of nitrogen functional groups attached to an aromatic ring is 1. The van der Waals surface area contributed by atoms with E-state index in [2.05, 4.69) is 4.90 Å². The van der Waals surface area contributed by atoms with E-state index in [-0.39, 0.29) is 11.6 Å². The molecule has 2 fully saturated rings. The van der Waals surface area contributed by atoms with Crippen LogP contribution in [0.1, 0.15) is 36.0 Å². The zero-order valence-corrected chi connectivity index (χ0v) is 12.2. The SMILES string of the molecule is Nc1ccc(C(=O)N2CCC(N3CCCCC3)C2)cc1F. The summed E-state index contributed by atoms with van der Waals surface area (Å²) in [4.78, 5) is 16.8. The smallest absolute Gasteiger partial charge is 0.254 e. The standard InChI is InChI=1S/C16H22FN3O/c17-14-10-12(4-5-15(14)18)16(21)20-9-6-13(11-20)19-7-2-1-3-8-19/h4-5,10,13H,1-3,6-9,11,18H2. The minimum atomic E-state index is -0.521. The van der Waals surface area contributed by atoms with Crippen LogP contribution in [-0.2, 0) is 0 Å². The Morgan fingerprint density at radius 1 is 1.19 bits per heavy atom. The molecule has 114 valence electrons. The van der Waals surface area contributed by atoms with E-state index in [0.717, 1.165) is 32.6 Å². The Bertz CT molecular complexity index is 528. The topological polar surface area (TPSA) is 49.6 Å². The third kappa shape index (κ3) is 3.02. The van der Waals surface area contributed by atoms with E-state index in [4.69, 9.17) is 5.73 Å². The van der Waals surface area contributed by atoms with E-state index in [1.807, 2.05) is 4.90 Å². The number of anilines is 1. The fraction of sp³-hybridized carbons (Fsp3) is 0.562. The van der Waals surface area contributed by atoms with Crippen molar-refractivity contribution in [1.82, 2.24) is 9.80 Å². The van der Waals surface area contributed by atoms with Crippen LogP contribution in [0.3, 0.4) is 0 Å². The number of rotatable bonds is 2. The molecule has 0 saturated carbocycles. The normalized spacial score (nSPS) is 23.5. The van der Waals surface area contributed by atoms with E-state index in [1.54, 1.807) is 6.07 Å². The monoisotopic (exact) mass is 291 g/mol. The molecule has 2 heterocycles. The highest BCUT2D eigenvalue weighted by Crippen LogP contribution is 2.22. The van der Waals surface area contributed by atoms with E-state index >= 15 is 0 Å². The Morgan fingerprint density at radius 2 is 1.95 bits per heavy atom. The minimum Gasteiger partial charge on any atom is -0.396 e. The van der Waals surface area contributed by atoms with Gasteiger partial charge in [0, 0.05) is 24.7 Å². The molecule has 1 amide bonds. The van der Waals surface area contributed by atoms with Gasteiger partial charge in [-0.1, -0.05) is 6.42 Å². The molecule has 0 aliphatic carbocycles. The molecule has 0 radical (unpaired) electrons. The summed E-state index contributed by atoms with van der Waals surface area (Å²) in [5.74, 6) is -0.610. The van der Waals surface area contributed by atoms with Crippen LogP contribution in [-0.4, -0.2) is 47.9 Å². The molecule has 2 N–H and O–H groups in total. The summed E-state index contributed by atoms with van der Waals surface area (Å²) in [6.45, 7) is 3.79. The number of hydrogen-bond donors (Lipinski definition) is 1. The molecule has 1 aromatic rings. The molecule has 0 bridgehead atoms. The van der Waals surface area contributed by atoms with Gasteiger partial charge < -0.3 is 10.6 Å². The minimum absolute atomic E-state index is 0.0826. The molecule has 5 heteroatoms. The lowest BCUT2D eigenvalue weighted by molar-refractivity contribution is 0.0771. The second-order valence-electron chi connectivity index (χ2n) is 6.03. The first kappa shape index (κ1) is 14.3. The van der Waals surface area contributed by atoms with Crippen LogP contribution in [0.15, 0.2) is 18.2 Å². The number of nitrogens with two attached hydrogens (primary N) is 1. The summed E-state index contributed by atoms with van der Waals surface area (Å²) >= 11 is 0. The quantitative estimate of drug-likeness (QED) is 0.849. The lowest BCUT2D eigenvalue weighted by Crippen LogP contribution is -2.41. The molecular formula is C16H22FN3O. The van der Waals surface area contributed by atoms with Gasteiger partial charge in [0.2, 0.25) is 0 Å². The first-order valence-corrected chi connectivity index (χ1v) is 7.73. The zero-order valence-electron chi connectivity index (χ0n) is 12.2. The molecule has 2 aliphatic heterocycles. The van der Waals surface area contributed by atoms with E-state index in [9.17, 15) is 9.18 Å². The number of nitrogens with zero attached hydrogens (tertiary/aromatic N) is 2. The fourth-order valence-electron chi connectivity index (χ4n) is 3.35. The number of hydrogen-bond acceptors (Lipinski definition) is 3. The van der Waals surface area contributed by atoms with Crippen LogP contribution >= 0.6 is 0 Å². The van der Waals surface area contributed by atoms with Crippen LogP contribution in [0.5, 0.6) is 0 Å². The summed E-state index contributed by atoms with van der Waals surface area (Å²) in [7, 11) is 0. The highest BCUT2D eigenvalue weighted by Gasteiger charge is 2.31. The number of halogens is 1. The summed E-state index contributed by atoms with van der Waals surface area (Å²) in [5.41, 5.74) is 5.93. The fourth-order valence-corrected chi connectivity index (χ4v) is 3.35. The molecule has 1 atom stereocenters. The number of likely N-dealkylation sites (tertiary alicyclic amines) is 2. The molecular weight excluding hydrogens is 269 g/mol. The second kappa shape index (κ2) is 6.02. The van der Waals surface area contributed by atoms with Gasteiger partial charge in [-0.25, -0.2) is 4.39 Å². The largest absolute Gasteiger partial charge is 0.396 e. The van der Waals surface area contributed by atoms with Crippen molar-refractivity contribution in [3.8, 4) is 0 Å². The van der Waals surface area contributed by atoms with Crippen LogP contribution < -0.4 is 5.73 Å². The van der Waals surface area contributed by atoms with Crippen molar-refractivity contribution in [3.63, 3.8) is 0 Å². The van der Waals surface area contributed by atoms with E-state index in [1.165, 1.54) is 31.4 Å². The Kier molecular flexibility index (Phi) is 4.10. The lowest BCUT2D eigenvalue weighted by Gasteiger charge is -2.32. The van der Waals surface area contributed by atoms with Crippen LogP contribution in [0.25, 0.3) is 0 Å². The van der Waals surface area contributed by atoms with Crippen molar-refractivity contribution < 1.29 is 9.18 Å². The van der Waals surface area contributed by atoms with Crippen molar-refractivity contribution in [3.05, 3.63) is 29.6 Å². The molecule has 1 aromatic carbocycles. The predicted octanol–water partition coefficient (Wildman–Crippen LogP) is 2.11. The van der Waals surface area contributed by atoms with Crippen molar-refractivity contribution >= 4 is 11.6 Å². The number of piperidine rings is 1. The molecule has 21 heavy (non-hydrogen) atoms. The van der Waals surface area contributed by atoms with Gasteiger partial charge in [0.05, 0.1) is 5.69 Å². The van der Waals surface area contributed by atoms with Crippen LogP contribution in [0.4, 0.5) is 10.1 Å². The highest BCUT2D eigenvalue weighted by molar-refractivity contribution is 5.94. The van der Waals surface area contributed by atoms with E-state index in [0.29, 0.717) is 11.6 Å². The van der Waals surface area contributed by atoms with Crippen LogP contribution in [0.2, 0.25) is 0 Å². The third-order valence-corrected chi connectivity index (χ3v) is 4.61. The Labute approximate surface area is 124 Å². The summed E-state index contributed by atoms with van der Waals surface area (Å²) < 4.78 is 13.5. The first-order chi connectivity index (χ1) is 10.1. The second-order valence-corrected chi connectivity index (χ2v) is 6.03. The maximum atomic E-state index is 13.5. The third-order valence-electron chi connectivity index (χ3n) is 4.61. The van der Waals surface area contributed by atoms with Crippen LogP contribution in [0, 0.1) is 5.82 Å². The number of benzene rings is 1. The van der Waals surface area contributed by atoms with Crippen molar-refractivity contribution in [2.75, 3.05) is 31.9 Å². The van der Waals surface area contributed by atoms with E-state index < -0.39 is 5.82 Å². The summed E-state index contributed by atoms with van der Waals surface area (Å²) in [5, 5.41) is 0. The molecule has 1 unspecified atom stereocenters. The first-order valence-electron chi connectivity index (χ1n) is 7.73. The average molecular weight is 291 g/mol. The molecule has 2 saturated heterocycles.